The van der Waals surface area contributed by atoms with E-state index in [-0.39, 0.29) is 5.95 Å². The third-order valence-corrected chi connectivity index (χ3v) is 2.21. The van der Waals surface area contributed by atoms with Gasteiger partial charge in [0.05, 0.1) is 11.0 Å². The van der Waals surface area contributed by atoms with Crippen molar-refractivity contribution in [1.82, 2.24) is 5.27 Å². The fraction of sp³-hybridized carbons (Fsp3) is 0.500. The molecule has 0 radical (unpaired) electrons. The van der Waals surface area contributed by atoms with Gasteiger partial charge in [-0.3, -0.25) is 0 Å². The van der Waals surface area contributed by atoms with Gasteiger partial charge in [-0.15, -0.1) is 0 Å². The Morgan fingerprint density at radius 1 is 1.78 bits per heavy atom. The van der Waals surface area contributed by atoms with Crippen LogP contribution >= 0.6 is 11.8 Å². The molecular weight excluding hydrogens is 140 g/mol. The zero-order valence-corrected chi connectivity index (χ0v) is 5.35. The molecule has 0 aliphatic carbocycles. The molecule has 2 rings (SSSR count). The molecule has 0 atom stereocenters. The molecule has 48 valence electrons. The van der Waals surface area contributed by atoms with E-state index in [1.807, 2.05) is 0 Å². The Morgan fingerprint density at radius 3 is 3.44 bits per heavy atom. The summed E-state index contributed by atoms with van der Waals surface area (Å²) in [5.74, 6) is 0.631. The van der Waals surface area contributed by atoms with Gasteiger partial charge >= 0.3 is 0 Å². The Balaban J connectivity index is 2.56. The Labute approximate surface area is 55.4 Å². The molecule has 1 aliphatic heterocycles. The third-order valence-electron chi connectivity index (χ3n) is 1.17. The number of aromatic nitrogens is 2. The van der Waals surface area contributed by atoms with Crippen LogP contribution in [0.2, 0.25) is 0 Å². The fourth-order valence-corrected chi connectivity index (χ4v) is 1.66. The summed E-state index contributed by atoms with van der Waals surface area (Å²) in [6, 6.07) is 0. The first-order chi connectivity index (χ1) is 4.38. The lowest BCUT2D eigenvalue weighted by Crippen LogP contribution is -2.33. The van der Waals surface area contributed by atoms with Crippen molar-refractivity contribution in [3.05, 3.63) is 0 Å². The maximum Gasteiger partial charge on any atom is 0.291 e. The first-order valence-electron chi connectivity index (χ1n) is 2.57. The lowest BCUT2D eigenvalue weighted by Gasteiger charge is -1.83. The summed E-state index contributed by atoms with van der Waals surface area (Å²) in [6.45, 7) is 0.797. The van der Waals surface area contributed by atoms with Crippen molar-refractivity contribution in [3.63, 3.8) is 0 Å². The van der Waals surface area contributed by atoms with E-state index in [9.17, 15) is 5.11 Å². The van der Waals surface area contributed by atoms with Crippen LogP contribution in [-0.4, -0.2) is 11.0 Å². The second kappa shape index (κ2) is 1.63. The Hall–Kier alpha value is -0.710. The van der Waals surface area contributed by atoms with E-state index in [1.165, 1.54) is 11.8 Å². The number of fused-ring (bicyclic) bond motifs is 1. The third kappa shape index (κ3) is 0.610. The molecule has 0 saturated carbocycles. The van der Waals surface area contributed by atoms with Crippen LogP contribution in [0.25, 0.3) is 0 Å². The normalized spacial score (nSPS) is 16.0. The molecule has 0 spiro atoms. The van der Waals surface area contributed by atoms with Crippen molar-refractivity contribution >= 4 is 11.8 Å². The molecular formula is C4H4N2O2S. The van der Waals surface area contributed by atoms with E-state index >= 15 is 0 Å². The van der Waals surface area contributed by atoms with Gasteiger partial charge in [0.1, 0.15) is 0 Å². The van der Waals surface area contributed by atoms with Crippen LogP contribution in [0.4, 0.5) is 0 Å². The summed E-state index contributed by atoms with van der Waals surface area (Å²) >= 11 is 1.50. The Kier molecular flexibility index (Phi) is 0.926. The minimum absolute atomic E-state index is 0.308. The van der Waals surface area contributed by atoms with Crippen LogP contribution in [0.5, 0.6) is 5.95 Å². The fourth-order valence-electron chi connectivity index (χ4n) is 0.772. The number of rotatable bonds is 0. The zero-order valence-electron chi connectivity index (χ0n) is 4.53. The summed E-state index contributed by atoms with van der Waals surface area (Å²) < 4.78 is 5.96. The number of hydrogen-bond acceptors (Lipinski definition) is 4. The van der Waals surface area contributed by atoms with Gasteiger partial charge in [0.25, 0.3) is 5.03 Å². The second-order valence-corrected chi connectivity index (χ2v) is 2.82. The van der Waals surface area contributed by atoms with Crippen molar-refractivity contribution in [3.8, 4) is 5.95 Å². The Morgan fingerprint density at radius 2 is 2.67 bits per heavy atom. The topological polar surface area (TPSA) is 53.0 Å². The van der Waals surface area contributed by atoms with Crippen LogP contribution in [0.15, 0.2) is 9.55 Å². The maximum absolute atomic E-state index is 10.6. The van der Waals surface area contributed by atoms with Gasteiger partial charge in [0.2, 0.25) is 0 Å². The summed E-state index contributed by atoms with van der Waals surface area (Å²) in [5, 5.41) is 14.8. The molecule has 0 unspecified atom stereocenters. The molecule has 0 N–H and O–H groups in total. The number of nitrogens with zero attached hydrogens (tertiary/aromatic N) is 2. The minimum atomic E-state index is -0.308. The Bertz CT molecular complexity index is 234. The van der Waals surface area contributed by atoms with Crippen LogP contribution in [0.3, 0.4) is 0 Å². The molecule has 0 fully saturated rings. The summed E-state index contributed by atoms with van der Waals surface area (Å²) in [6.07, 6.45) is 0. The highest BCUT2D eigenvalue weighted by molar-refractivity contribution is 7.99. The molecule has 0 amide bonds. The molecule has 2 heterocycles. The average Bonchev–Trinajstić information content (AvgIpc) is 2.35. The molecule has 0 aromatic carbocycles. The highest BCUT2D eigenvalue weighted by Crippen LogP contribution is 2.24. The van der Waals surface area contributed by atoms with Crippen LogP contribution in [-0.2, 0) is 6.54 Å². The predicted octanol–water partition coefficient (Wildman–Crippen LogP) is -0.859. The smallest absolute Gasteiger partial charge is 0.291 e. The van der Waals surface area contributed by atoms with Gasteiger partial charge in [0, 0.05) is 0 Å². The van der Waals surface area contributed by atoms with Crippen molar-refractivity contribution in [2.75, 3.05) is 5.75 Å². The van der Waals surface area contributed by atoms with E-state index in [0.29, 0.717) is 5.03 Å². The van der Waals surface area contributed by atoms with Gasteiger partial charge in [0.15, 0.2) is 12.5 Å². The van der Waals surface area contributed by atoms with E-state index < -0.39 is 0 Å². The molecule has 1 aromatic heterocycles. The zero-order chi connectivity index (χ0) is 6.27. The molecule has 1 aliphatic rings. The number of hydrogen-bond donors (Lipinski definition) is 0. The lowest BCUT2D eigenvalue weighted by atomic mass is 10.7. The quantitative estimate of drug-likeness (QED) is 0.445. The largest absolute Gasteiger partial charge is 0.538 e. The van der Waals surface area contributed by atoms with Crippen molar-refractivity contribution < 1.29 is 14.3 Å². The second-order valence-electron chi connectivity index (χ2n) is 1.74. The molecule has 5 heteroatoms. The molecule has 0 saturated heterocycles. The van der Waals surface area contributed by atoms with Gasteiger partial charge in [-0.25, -0.2) is 0 Å². The average molecular weight is 144 g/mol. The molecule has 9 heavy (non-hydrogen) atoms. The van der Waals surface area contributed by atoms with E-state index in [0.717, 1.165) is 12.3 Å². The molecule has 0 bridgehead atoms. The van der Waals surface area contributed by atoms with Gasteiger partial charge in [-0.05, 0) is 11.8 Å². The number of thioether (sulfide) groups is 1. The highest BCUT2D eigenvalue weighted by atomic mass is 32.2. The summed E-state index contributed by atoms with van der Waals surface area (Å²) in [5.41, 5.74) is 0. The molecule has 1 aromatic rings. The van der Waals surface area contributed by atoms with Crippen LogP contribution in [0, 0.1) is 0 Å². The molecule has 4 nitrogen and oxygen atoms in total. The summed E-state index contributed by atoms with van der Waals surface area (Å²) in [4.78, 5) is 0. The predicted molar refractivity (Wildman–Crippen MR) is 26.9 cm³/mol. The first kappa shape index (κ1) is 5.10. The summed E-state index contributed by atoms with van der Waals surface area (Å²) in [7, 11) is 0. The van der Waals surface area contributed by atoms with Crippen LogP contribution in [0.1, 0.15) is 0 Å². The van der Waals surface area contributed by atoms with Crippen molar-refractivity contribution in [2.24, 2.45) is 0 Å². The van der Waals surface area contributed by atoms with E-state index in [4.69, 9.17) is 0 Å². The lowest BCUT2D eigenvalue weighted by molar-refractivity contribution is -0.785. The van der Waals surface area contributed by atoms with Gasteiger partial charge < -0.3 is 9.63 Å². The standard InChI is InChI=1S/C4H4N2O2S/c7-4-3-6(5-8-4)1-2-9-3/h1-2H2. The van der Waals surface area contributed by atoms with Crippen LogP contribution < -0.4 is 9.79 Å². The minimum Gasteiger partial charge on any atom is -0.538 e. The maximum atomic E-state index is 10.6. The van der Waals surface area contributed by atoms with E-state index in [1.54, 1.807) is 4.68 Å². The number of aryl methyl sites for hydroxylation is 1. The van der Waals surface area contributed by atoms with Gasteiger partial charge in [-0.1, -0.05) is 4.68 Å². The monoisotopic (exact) mass is 144 g/mol. The van der Waals surface area contributed by atoms with E-state index in [2.05, 4.69) is 9.79 Å². The van der Waals surface area contributed by atoms with Crippen molar-refractivity contribution in [1.29, 1.82) is 0 Å². The van der Waals surface area contributed by atoms with Crippen molar-refractivity contribution in [2.45, 2.75) is 11.6 Å². The first-order valence-corrected chi connectivity index (χ1v) is 3.56. The SMILES string of the molecule is [O-]c1on[n+]2c1SCC2. The van der Waals surface area contributed by atoms with Gasteiger partial charge in [-0.2, -0.15) is 0 Å². The highest BCUT2D eigenvalue weighted by Gasteiger charge is 2.24.